The number of rotatable bonds is 4. The first-order valence-electron chi connectivity index (χ1n) is 6.66. The smallest absolute Gasteiger partial charge is 0.0320 e. The van der Waals surface area contributed by atoms with Gasteiger partial charge >= 0.3 is 0 Å². The maximum Gasteiger partial charge on any atom is 0.0320 e. The number of hydrogen-bond donors (Lipinski definition) is 1. The van der Waals surface area contributed by atoms with Crippen LogP contribution in [0.25, 0.3) is 0 Å². The number of hydrogen-bond acceptors (Lipinski definition) is 1. The largest absolute Gasteiger partial charge is 0.313 e. The standard InChI is InChI=1S/C15H21N/c1-16-15(9-11-5-6-11)14-8-7-12-3-2-4-13(12)10-14/h7-8,10-11,15-16H,2-6,9H2,1H3. The molecule has 0 heterocycles. The van der Waals surface area contributed by atoms with Gasteiger partial charge in [0.2, 0.25) is 0 Å². The average Bonchev–Trinajstić information content (AvgIpc) is 3.01. The van der Waals surface area contributed by atoms with Gasteiger partial charge in [0.15, 0.2) is 0 Å². The van der Waals surface area contributed by atoms with Gasteiger partial charge in [-0.15, -0.1) is 0 Å². The summed E-state index contributed by atoms with van der Waals surface area (Å²) in [4.78, 5) is 0. The van der Waals surface area contributed by atoms with Crippen LogP contribution in [-0.2, 0) is 12.8 Å². The SMILES string of the molecule is CNC(CC1CC1)c1ccc2c(c1)CCC2. The van der Waals surface area contributed by atoms with E-state index >= 15 is 0 Å². The van der Waals surface area contributed by atoms with Crippen LogP contribution in [0.5, 0.6) is 0 Å². The summed E-state index contributed by atoms with van der Waals surface area (Å²) >= 11 is 0. The van der Waals surface area contributed by atoms with Crippen molar-refractivity contribution in [2.24, 2.45) is 5.92 Å². The zero-order valence-corrected chi connectivity index (χ0v) is 10.1. The Labute approximate surface area is 98.3 Å². The quantitative estimate of drug-likeness (QED) is 0.813. The zero-order valence-electron chi connectivity index (χ0n) is 10.1. The van der Waals surface area contributed by atoms with Gasteiger partial charge in [0.1, 0.15) is 0 Å². The average molecular weight is 215 g/mol. The van der Waals surface area contributed by atoms with E-state index in [4.69, 9.17) is 0 Å². The van der Waals surface area contributed by atoms with Crippen LogP contribution in [0.4, 0.5) is 0 Å². The molecule has 0 amide bonds. The highest BCUT2D eigenvalue weighted by Crippen LogP contribution is 2.38. The van der Waals surface area contributed by atoms with Crippen LogP contribution in [0.1, 0.15) is 48.4 Å². The van der Waals surface area contributed by atoms with Crippen molar-refractivity contribution in [1.29, 1.82) is 0 Å². The van der Waals surface area contributed by atoms with Gasteiger partial charge in [0.25, 0.3) is 0 Å². The lowest BCUT2D eigenvalue weighted by Gasteiger charge is -2.17. The minimum Gasteiger partial charge on any atom is -0.313 e. The molecule has 1 fully saturated rings. The fraction of sp³-hybridized carbons (Fsp3) is 0.600. The molecule has 1 heteroatoms. The van der Waals surface area contributed by atoms with Gasteiger partial charge < -0.3 is 5.32 Å². The Bertz CT molecular complexity index is 379. The van der Waals surface area contributed by atoms with Crippen molar-refractivity contribution in [3.63, 3.8) is 0 Å². The summed E-state index contributed by atoms with van der Waals surface area (Å²) in [5.41, 5.74) is 4.70. The van der Waals surface area contributed by atoms with Gasteiger partial charge in [-0.2, -0.15) is 0 Å². The zero-order chi connectivity index (χ0) is 11.0. The van der Waals surface area contributed by atoms with Crippen molar-refractivity contribution in [3.05, 3.63) is 34.9 Å². The Balaban J connectivity index is 1.80. The fourth-order valence-electron chi connectivity index (χ4n) is 2.92. The van der Waals surface area contributed by atoms with Crippen LogP contribution >= 0.6 is 0 Å². The minimum absolute atomic E-state index is 0.582. The normalized spacial score (nSPS) is 20.8. The second kappa shape index (κ2) is 4.21. The van der Waals surface area contributed by atoms with E-state index in [9.17, 15) is 0 Å². The van der Waals surface area contributed by atoms with Crippen molar-refractivity contribution in [3.8, 4) is 0 Å². The summed E-state index contributed by atoms with van der Waals surface area (Å²) < 4.78 is 0. The van der Waals surface area contributed by atoms with E-state index in [-0.39, 0.29) is 0 Å². The van der Waals surface area contributed by atoms with Gasteiger partial charge in [-0.25, -0.2) is 0 Å². The van der Waals surface area contributed by atoms with E-state index in [1.54, 1.807) is 11.1 Å². The molecule has 0 aliphatic heterocycles. The molecule has 0 saturated heterocycles. The van der Waals surface area contributed by atoms with E-state index in [0.717, 1.165) is 5.92 Å². The molecule has 16 heavy (non-hydrogen) atoms. The van der Waals surface area contributed by atoms with Crippen LogP contribution in [0.3, 0.4) is 0 Å². The number of nitrogens with one attached hydrogen (secondary N) is 1. The maximum absolute atomic E-state index is 3.48. The van der Waals surface area contributed by atoms with Crippen molar-refractivity contribution in [2.75, 3.05) is 7.05 Å². The van der Waals surface area contributed by atoms with Gasteiger partial charge in [-0.1, -0.05) is 31.0 Å². The molecule has 1 aromatic carbocycles. The lowest BCUT2D eigenvalue weighted by molar-refractivity contribution is 0.514. The van der Waals surface area contributed by atoms with Gasteiger partial charge in [0.05, 0.1) is 0 Å². The monoisotopic (exact) mass is 215 g/mol. The van der Waals surface area contributed by atoms with E-state index in [0.29, 0.717) is 6.04 Å². The molecule has 1 atom stereocenters. The van der Waals surface area contributed by atoms with Gasteiger partial charge in [-0.3, -0.25) is 0 Å². The van der Waals surface area contributed by atoms with Crippen molar-refractivity contribution >= 4 is 0 Å². The highest BCUT2D eigenvalue weighted by Gasteiger charge is 2.26. The second-order valence-electron chi connectivity index (χ2n) is 5.40. The third-order valence-corrected chi connectivity index (χ3v) is 4.14. The first-order valence-corrected chi connectivity index (χ1v) is 6.66. The third-order valence-electron chi connectivity index (χ3n) is 4.14. The van der Waals surface area contributed by atoms with E-state index in [2.05, 4.69) is 30.6 Å². The number of aryl methyl sites for hydroxylation is 2. The lowest BCUT2D eigenvalue weighted by atomic mass is 9.97. The van der Waals surface area contributed by atoms with Crippen LogP contribution in [0, 0.1) is 5.92 Å². The topological polar surface area (TPSA) is 12.0 Å². The van der Waals surface area contributed by atoms with Gasteiger partial charge in [0, 0.05) is 6.04 Å². The molecule has 1 nitrogen and oxygen atoms in total. The Morgan fingerprint density at radius 2 is 2.06 bits per heavy atom. The number of fused-ring (bicyclic) bond motifs is 1. The van der Waals surface area contributed by atoms with Gasteiger partial charge in [-0.05, 0) is 55.3 Å². The summed E-state index contributed by atoms with van der Waals surface area (Å²) in [6, 6.07) is 7.73. The second-order valence-corrected chi connectivity index (χ2v) is 5.40. The first kappa shape index (κ1) is 10.3. The maximum atomic E-state index is 3.48. The predicted octanol–water partition coefficient (Wildman–Crippen LogP) is 3.24. The first-order chi connectivity index (χ1) is 7.86. The van der Waals surface area contributed by atoms with Crippen molar-refractivity contribution in [2.45, 2.75) is 44.6 Å². The Kier molecular flexibility index (Phi) is 2.72. The molecular formula is C15H21N. The molecular weight excluding hydrogens is 194 g/mol. The van der Waals surface area contributed by atoms with E-state index in [1.165, 1.54) is 44.1 Å². The van der Waals surface area contributed by atoms with Crippen LogP contribution in [0.2, 0.25) is 0 Å². The fourth-order valence-corrected chi connectivity index (χ4v) is 2.92. The summed E-state index contributed by atoms with van der Waals surface area (Å²) in [7, 11) is 2.10. The van der Waals surface area contributed by atoms with E-state index in [1.807, 2.05) is 0 Å². The van der Waals surface area contributed by atoms with Crippen molar-refractivity contribution in [1.82, 2.24) is 5.32 Å². The Morgan fingerprint density at radius 1 is 1.25 bits per heavy atom. The summed E-state index contributed by atoms with van der Waals surface area (Å²) in [6.07, 6.45) is 8.17. The van der Waals surface area contributed by atoms with Crippen LogP contribution in [0.15, 0.2) is 18.2 Å². The summed E-state index contributed by atoms with van der Waals surface area (Å²) in [6.45, 7) is 0. The van der Waals surface area contributed by atoms with Crippen LogP contribution in [-0.4, -0.2) is 7.05 Å². The van der Waals surface area contributed by atoms with Crippen molar-refractivity contribution < 1.29 is 0 Å². The molecule has 1 aromatic rings. The van der Waals surface area contributed by atoms with E-state index < -0.39 is 0 Å². The molecule has 2 aliphatic rings. The third kappa shape index (κ3) is 2.01. The Morgan fingerprint density at radius 3 is 2.81 bits per heavy atom. The molecule has 0 radical (unpaired) electrons. The molecule has 3 rings (SSSR count). The Hall–Kier alpha value is -0.820. The minimum atomic E-state index is 0.582. The van der Waals surface area contributed by atoms with Crippen LogP contribution < -0.4 is 5.32 Å². The molecule has 0 spiro atoms. The lowest BCUT2D eigenvalue weighted by Crippen LogP contribution is -2.17. The molecule has 0 bridgehead atoms. The predicted molar refractivity (Wildman–Crippen MR) is 67.6 cm³/mol. The highest BCUT2D eigenvalue weighted by molar-refractivity contribution is 5.36. The summed E-state index contributed by atoms with van der Waals surface area (Å²) in [5.74, 6) is 0.991. The molecule has 2 aliphatic carbocycles. The molecule has 1 unspecified atom stereocenters. The molecule has 0 aromatic heterocycles. The molecule has 1 N–H and O–H groups in total. The number of benzene rings is 1. The highest BCUT2D eigenvalue weighted by atomic mass is 14.9. The molecule has 1 saturated carbocycles. The summed E-state index contributed by atoms with van der Waals surface area (Å²) in [5, 5.41) is 3.48. The molecule has 86 valence electrons.